The number of nitro groups is 1. The van der Waals surface area contributed by atoms with Gasteiger partial charge >= 0.3 is 0 Å². The number of hydrogen-bond donors (Lipinski definition) is 0. The van der Waals surface area contributed by atoms with Crippen LogP contribution in [0.3, 0.4) is 0 Å². The lowest BCUT2D eigenvalue weighted by Crippen LogP contribution is -2.04. The molecule has 3 aromatic rings. The van der Waals surface area contributed by atoms with Gasteiger partial charge in [-0.15, -0.1) is 0 Å². The van der Waals surface area contributed by atoms with Gasteiger partial charge in [0.2, 0.25) is 0 Å². The molecule has 0 spiro atoms. The van der Waals surface area contributed by atoms with Crippen LogP contribution in [0.15, 0.2) is 42.6 Å². The highest BCUT2D eigenvalue weighted by Crippen LogP contribution is 2.24. The predicted octanol–water partition coefficient (Wildman–Crippen LogP) is 2.89. The van der Waals surface area contributed by atoms with Crippen molar-refractivity contribution in [2.24, 2.45) is 0 Å². The molecule has 0 atom stereocenters. The summed E-state index contributed by atoms with van der Waals surface area (Å²) in [5.74, 6) is 0. The summed E-state index contributed by atoms with van der Waals surface area (Å²) in [7, 11) is 0. The molecule has 3 rings (SSSR count). The first-order valence-corrected chi connectivity index (χ1v) is 6.66. The highest BCUT2D eigenvalue weighted by molar-refractivity contribution is 5.87. The standard InChI is InChI=1S/C15H14N4O2/c1-11-4-2-5-12(17-11)8-9-18-14-6-3-7-15(19(20)21)13(14)10-16-18/h2-7,10H,8-9H2,1H3. The van der Waals surface area contributed by atoms with Gasteiger partial charge in [-0.05, 0) is 25.1 Å². The molecular weight excluding hydrogens is 268 g/mol. The fourth-order valence-electron chi connectivity index (χ4n) is 2.38. The Labute approximate surface area is 121 Å². The van der Waals surface area contributed by atoms with Crippen LogP contribution in [0, 0.1) is 17.0 Å². The number of rotatable bonds is 4. The van der Waals surface area contributed by atoms with E-state index in [4.69, 9.17) is 0 Å². The minimum Gasteiger partial charge on any atom is -0.264 e. The molecular formula is C15H14N4O2. The summed E-state index contributed by atoms with van der Waals surface area (Å²) in [5, 5.41) is 15.8. The number of aromatic nitrogens is 3. The van der Waals surface area contributed by atoms with Gasteiger partial charge < -0.3 is 0 Å². The first kappa shape index (κ1) is 13.2. The molecule has 0 amide bonds. The van der Waals surface area contributed by atoms with E-state index in [1.807, 2.05) is 31.2 Å². The van der Waals surface area contributed by atoms with Crippen molar-refractivity contribution in [3.05, 3.63) is 64.1 Å². The average Bonchev–Trinajstić information content (AvgIpc) is 2.88. The number of nitrogens with zero attached hydrogens (tertiary/aromatic N) is 4. The van der Waals surface area contributed by atoms with Gasteiger partial charge in [-0.2, -0.15) is 5.10 Å². The van der Waals surface area contributed by atoms with Gasteiger partial charge in [0.15, 0.2) is 0 Å². The monoisotopic (exact) mass is 282 g/mol. The van der Waals surface area contributed by atoms with E-state index in [-0.39, 0.29) is 10.6 Å². The molecule has 6 heteroatoms. The fourth-order valence-corrected chi connectivity index (χ4v) is 2.38. The minimum absolute atomic E-state index is 0.0902. The van der Waals surface area contributed by atoms with E-state index in [9.17, 15) is 10.1 Å². The van der Waals surface area contributed by atoms with Crippen LogP contribution in [0.4, 0.5) is 5.69 Å². The van der Waals surface area contributed by atoms with Crippen molar-refractivity contribution in [1.82, 2.24) is 14.8 Å². The third kappa shape index (κ3) is 2.60. The lowest BCUT2D eigenvalue weighted by molar-refractivity contribution is -0.383. The van der Waals surface area contributed by atoms with Gasteiger partial charge in [-0.3, -0.25) is 19.8 Å². The fraction of sp³-hybridized carbons (Fsp3) is 0.200. The second-order valence-corrected chi connectivity index (χ2v) is 4.86. The second-order valence-electron chi connectivity index (χ2n) is 4.86. The zero-order valence-corrected chi connectivity index (χ0v) is 11.6. The van der Waals surface area contributed by atoms with Gasteiger partial charge in [0.25, 0.3) is 5.69 Å². The largest absolute Gasteiger partial charge is 0.280 e. The number of nitro benzene ring substituents is 1. The molecule has 2 heterocycles. The topological polar surface area (TPSA) is 73.8 Å². The van der Waals surface area contributed by atoms with Crippen molar-refractivity contribution in [2.45, 2.75) is 19.9 Å². The third-order valence-electron chi connectivity index (χ3n) is 3.39. The van der Waals surface area contributed by atoms with E-state index < -0.39 is 0 Å². The molecule has 0 unspecified atom stereocenters. The summed E-state index contributed by atoms with van der Waals surface area (Å²) < 4.78 is 1.78. The van der Waals surface area contributed by atoms with Crippen molar-refractivity contribution in [1.29, 1.82) is 0 Å². The molecule has 21 heavy (non-hydrogen) atoms. The summed E-state index contributed by atoms with van der Waals surface area (Å²) in [5.41, 5.74) is 2.84. The average molecular weight is 282 g/mol. The van der Waals surface area contributed by atoms with E-state index in [1.165, 1.54) is 6.07 Å². The highest BCUT2D eigenvalue weighted by atomic mass is 16.6. The number of aryl methyl sites for hydroxylation is 3. The quantitative estimate of drug-likeness (QED) is 0.544. The van der Waals surface area contributed by atoms with Crippen LogP contribution < -0.4 is 0 Å². The van der Waals surface area contributed by atoms with E-state index in [0.717, 1.165) is 23.3 Å². The number of pyridine rings is 1. The molecule has 2 aromatic heterocycles. The van der Waals surface area contributed by atoms with Crippen molar-refractivity contribution in [2.75, 3.05) is 0 Å². The smallest absolute Gasteiger partial charge is 0.264 e. The maximum atomic E-state index is 11.0. The van der Waals surface area contributed by atoms with Gasteiger partial charge in [0, 0.05) is 30.4 Å². The zero-order chi connectivity index (χ0) is 14.8. The van der Waals surface area contributed by atoms with Gasteiger partial charge in [0.05, 0.1) is 22.0 Å². The molecule has 0 saturated heterocycles. The Hall–Kier alpha value is -2.76. The van der Waals surface area contributed by atoms with Crippen LogP contribution in [-0.4, -0.2) is 19.7 Å². The van der Waals surface area contributed by atoms with Crippen LogP contribution in [0.5, 0.6) is 0 Å². The molecule has 0 saturated carbocycles. The number of hydrogen-bond acceptors (Lipinski definition) is 4. The predicted molar refractivity (Wildman–Crippen MR) is 79.1 cm³/mol. The number of fused-ring (bicyclic) bond motifs is 1. The number of non-ortho nitro benzene ring substituents is 1. The minimum atomic E-state index is -0.379. The summed E-state index contributed by atoms with van der Waals surface area (Å²) in [4.78, 5) is 15.1. The van der Waals surface area contributed by atoms with E-state index in [2.05, 4.69) is 10.1 Å². The van der Waals surface area contributed by atoms with Crippen molar-refractivity contribution >= 4 is 16.6 Å². The molecule has 0 fully saturated rings. The van der Waals surface area contributed by atoms with E-state index >= 15 is 0 Å². The van der Waals surface area contributed by atoms with Gasteiger partial charge in [0.1, 0.15) is 0 Å². The maximum absolute atomic E-state index is 11.0. The van der Waals surface area contributed by atoms with Crippen LogP contribution in [0.25, 0.3) is 10.9 Å². The Morgan fingerprint density at radius 1 is 1.24 bits per heavy atom. The van der Waals surface area contributed by atoms with Crippen molar-refractivity contribution in [3.63, 3.8) is 0 Å². The Morgan fingerprint density at radius 3 is 2.81 bits per heavy atom. The summed E-state index contributed by atoms with van der Waals surface area (Å²) in [6, 6.07) is 10.9. The molecule has 0 radical (unpaired) electrons. The summed E-state index contributed by atoms with van der Waals surface area (Å²) >= 11 is 0. The third-order valence-corrected chi connectivity index (χ3v) is 3.39. The first-order valence-electron chi connectivity index (χ1n) is 6.66. The van der Waals surface area contributed by atoms with Crippen molar-refractivity contribution in [3.8, 4) is 0 Å². The maximum Gasteiger partial charge on any atom is 0.280 e. The van der Waals surface area contributed by atoms with Crippen LogP contribution in [0.2, 0.25) is 0 Å². The molecule has 106 valence electrons. The molecule has 0 aliphatic rings. The Morgan fingerprint density at radius 2 is 2.05 bits per heavy atom. The zero-order valence-electron chi connectivity index (χ0n) is 11.6. The van der Waals surface area contributed by atoms with E-state index in [0.29, 0.717) is 11.9 Å². The lowest BCUT2D eigenvalue weighted by Gasteiger charge is -2.04. The van der Waals surface area contributed by atoms with Crippen LogP contribution in [-0.2, 0) is 13.0 Å². The van der Waals surface area contributed by atoms with Gasteiger partial charge in [-0.25, -0.2) is 0 Å². The van der Waals surface area contributed by atoms with Crippen molar-refractivity contribution < 1.29 is 4.92 Å². The van der Waals surface area contributed by atoms with Crippen LogP contribution >= 0.6 is 0 Å². The summed E-state index contributed by atoms with van der Waals surface area (Å²) in [6.07, 6.45) is 2.29. The molecule has 0 aliphatic carbocycles. The highest BCUT2D eigenvalue weighted by Gasteiger charge is 2.14. The molecule has 0 aliphatic heterocycles. The number of benzene rings is 1. The van der Waals surface area contributed by atoms with Crippen LogP contribution in [0.1, 0.15) is 11.4 Å². The first-order chi connectivity index (χ1) is 10.1. The Kier molecular flexibility index (Phi) is 3.35. The second kappa shape index (κ2) is 5.32. The molecule has 0 bridgehead atoms. The Balaban J connectivity index is 1.88. The SMILES string of the molecule is Cc1cccc(CCn2ncc3c([N+](=O)[O-])cccc32)n1. The summed E-state index contributed by atoms with van der Waals surface area (Å²) in [6.45, 7) is 2.59. The lowest BCUT2D eigenvalue weighted by atomic mass is 10.2. The van der Waals surface area contributed by atoms with E-state index in [1.54, 1.807) is 16.9 Å². The molecule has 0 N–H and O–H groups in total. The normalized spacial score (nSPS) is 10.9. The molecule has 1 aromatic carbocycles. The Bertz CT molecular complexity index is 810. The van der Waals surface area contributed by atoms with Gasteiger partial charge in [-0.1, -0.05) is 12.1 Å². The molecule has 6 nitrogen and oxygen atoms in total.